The van der Waals surface area contributed by atoms with Gasteiger partial charge in [0.15, 0.2) is 6.10 Å². The molecule has 0 saturated carbocycles. The van der Waals surface area contributed by atoms with E-state index in [0.717, 1.165) is 5.56 Å². The van der Waals surface area contributed by atoms with Crippen molar-refractivity contribution in [3.05, 3.63) is 100 Å². The van der Waals surface area contributed by atoms with E-state index in [4.69, 9.17) is 24.7 Å². The average molecular weight is 513 g/mol. The smallest absolute Gasteiger partial charge is 0.352 e. The third kappa shape index (κ3) is 5.47. The fourth-order valence-electron chi connectivity index (χ4n) is 4.15. The predicted molar refractivity (Wildman–Crippen MR) is 140 cm³/mol. The summed E-state index contributed by atoms with van der Waals surface area (Å²) in [7, 11) is 1.31. The van der Waals surface area contributed by atoms with E-state index in [2.05, 4.69) is 19.9 Å². The van der Waals surface area contributed by atoms with Crippen LogP contribution in [0.2, 0.25) is 0 Å². The van der Waals surface area contributed by atoms with Gasteiger partial charge in [0.05, 0.1) is 18.6 Å². The van der Waals surface area contributed by atoms with Gasteiger partial charge in [0.1, 0.15) is 28.9 Å². The topological polar surface area (TPSA) is 121 Å². The molecule has 0 radical (unpaired) electrons. The molecule has 0 spiro atoms. The summed E-state index contributed by atoms with van der Waals surface area (Å²) in [6.07, 6.45) is -0.854. The first-order chi connectivity index (χ1) is 18.2. The summed E-state index contributed by atoms with van der Waals surface area (Å²) in [5.41, 5.74) is 9.27. The third-order valence-electron chi connectivity index (χ3n) is 6.27. The maximum Gasteiger partial charge on any atom is 0.352 e. The molecule has 0 aliphatic carbocycles. The molecule has 8 heteroatoms. The van der Waals surface area contributed by atoms with Crippen LogP contribution in [-0.4, -0.2) is 25.2 Å². The van der Waals surface area contributed by atoms with Gasteiger partial charge >= 0.3 is 11.9 Å². The van der Waals surface area contributed by atoms with E-state index in [1.807, 2.05) is 24.3 Å². The molecule has 38 heavy (non-hydrogen) atoms. The van der Waals surface area contributed by atoms with Crippen molar-refractivity contribution in [2.24, 2.45) is 5.73 Å². The molecule has 0 saturated heterocycles. The van der Waals surface area contributed by atoms with Crippen LogP contribution in [0.3, 0.4) is 0 Å². The largest absolute Gasteiger partial charge is 0.479 e. The number of methoxy groups -OCH3 is 1. The highest BCUT2D eigenvalue weighted by molar-refractivity contribution is 5.89. The lowest BCUT2D eigenvalue weighted by Crippen LogP contribution is -2.28. The van der Waals surface area contributed by atoms with E-state index in [9.17, 15) is 14.9 Å². The molecule has 1 aliphatic rings. The van der Waals surface area contributed by atoms with Gasteiger partial charge in [-0.3, -0.25) is 0 Å². The molecule has 194 valence electrons. The molecule has 0 amide bonds. The number of rotatable bonds is 7. The zero-order valence-electron chi connectivity index (χ0n) is 21.6. The summed E-state index contributed by atoms with van der Waals surface area (Å²) < 4.78 is 21.8. The van der Waals surface area contributed by atoms with E-state index in [-0.39, 0.29) is 17.2 Å². The minimum Gasteiger partial charge on any atom is -0.479 e. The van der Waals surface area contributed by atoms with Gasteiger partial charge in [0.2, 0.25) is 5.88 Å². The molecule has 8 nitrogen and oxygen atoms in total. The number of esters is 2. The number of carbonyl (C=O) groups excluding carboxylic acids is 2. The fraction of sp³-hybridized carbons (Fsp3) is 0.233. The molecule has 1 heterocycles. The number of benzene rings is 3. The van der Waals surface area contributed by atoms with E-state index >= 15 is 0 Å². The van der Waals surface area contributed by atoms with E-state index in [0.29, 0.717) is 28.5 Å². The maximum absolute atomic E-state index is 12.7. The molecular formula is C30H28N2O6. The number of nitriles is 1. The summed E-state index contributed by atoms with van der Waals surface area (Å²) >= 11 is 0. The van der Waals surface area contributed by atoms with Gasteiger partial charge in [-0.2, -0.15) is 5.26 Å². The molecule has 0 bridgehead atoms. The highest BCUT2D eigenvalue weighted by atomic mass is 16.6. The molecule has 4 rings (SSSR count). The Bertz CT molecular complexity index is 1420. The zero-order valence-corrected chi connectivity index (χ0v) is 21.6. The van der Waals surface area contributed by atoms with Crippen molar-refractivity contribution in [1.82, 2.24) is 0 Å². The lowest BCUT2D eigenvalue weighted by molar-refractivity contribution is -0.141. The van der Waals surface area contributed by atoms with Crippen molar-refractivity contribution in [1.29, 1.82) is 5.26 Å². The van der Waals surface area contributed by atoms with Crippen LogP contribution in [0.5, 0.6) is 17.2 Å². The summed E-state index contributed by atoms with van der Waals surface area (Å²) in [6.45, 7) is 5.82. The molecule has 0 fully saturated rings. The van der Waals surface area contributed by atoms with Gasteiger partial charge in [-0.15, -0.1) is 0 Å². The zero-order chi connectivity index (χ0) is 27.4. The summed E-state index contributed by atoms with van der Waals surface area (Å²) in [4.78, 5) is 24.5. The van der Waals surface area contributed by atoms with Gasteiger partial charge < -0.3 is 24.7 Å². The van der Waals surface area contributed by atoms with Crippen LogP contribution in [0.15, 0.2) is 78.2 Å². The number of nitrogens with two attached hydrogens (primary N) is 1. The van der Waals surface area contributed by atoms with Gasteiger partial charge in [-0.05, 0) is 54.3 Å². The Kier molecular flexibility index (Phi) is 7.68. The Morgan fingerprint density at radius 2 is 1.63 bits per heavy atom. The number of nitrogens with zero attached hydrogens (tertiary/aromatic N) is 1. The highest BCUT2D eigenvalue weighted by Gasteiger charge is 2.31. The molecule has 3 aromatic carbocycles. The standard InChI is InChI=1S/C30H28N2O6/c1-17(2)19-9-11-22(12-10-19)36-18(3)29(33)37-23-13-14-24-26(15-23)38-28(32)25(16-31)27(24)20-5-7-21(8-6-20)30(34)35-4/h5-15,17-18,27H,32H2,1-4H3. The van der Waals surface area contributed by atoms with Crippen LogP contribution in [0, 0.1) is 11.3 Å². The van der Waals surface area contributed by atoms with Crippen molar-refractivity contribution >= 4 is 11.9 Å². The Labute approximate surface area is 221 Å². The van der Waals surface area contributed by atoms with Gasteiger partial charge in [0.25, 0.3) is 0 Å². The van der Waals surface area contributed by atoms with Crippen molar-refractivity contribution in [3.63, 3.8) is 0 Å². The highest BCUT2D eigenvalue weighted by Crippen LogP contribution is 2.43. The normalized spacial score (nSPS) is 15.1. The van der Waals surface area contributed by atoms with Crippen molar-refractivity contribution in [2.75, 3.05) is 7.11 Å². The quantitative estimate of drug-likeness (QED) is 0.339. The first-order valence-electron chi connectivity index (χ1n) is 12.1. The summed E-state index contributed by atoms with van der Waals surface area (Å²) in [5, 5.41) is 9.77. The van der Waals surface area contributed by atoms with E-state index in [1.165, 1.54) is 12.7 Å². The Morgan fingerprint density at radius 3 is 2.24 bits per heavy atom. The first-order valence-corrected chi connectivity index (χ1v) is 12.1. The number of carbonyl (C=O) groups is 2. The number of hydrogen-bond donors (Lipinski definition) is 1. The molecule has 2 atom stereocenters. The van der Waals surface area contributed by atoms with Crippen LogP contribution < -0.4 is 19.9 Å². The van der Waals surface area contributed by atoms with Gasteiger partial charge in [0, 0.05) is 11.6 Å². The Morgan fingerprint density at radius 1 is 0.974 bits per heavy atom. The minimum atomic E-state index is -0.854. The third-order valence-corrected chi connectivity index (χ3v) is 6.27. The summed E-state index contributed by atoms with van der Waals surface area (Å²) in [6, 6.07) is 21.3. The predicted octanol–water partition coefficient (Wildman–Crippen LogP) is 5.19. The Hall–Kier alpha value is -4.77. The number of fused-ring (bicyclic) bond motifs is 1. The van der Waals surface area contributed by atoms with E-state index < -0.39 is 24.0 Å². The van der Waals surface area contributed by atoms with Crippen LogP contribution in [0.25, 0.3) is 0 Å². The molecular weight excluding hydrogens is 484 g/mol. The average Bonchev–Trinajstić information content (AvgIpc) is 2.92. The lowest BCUT2D eigenvalue weighted by Gasteiger charge is -2.27. The van der Waals surface area contributed by atoms with Crippen LogP contribution in [0.1, 0.15) is 59.7 Å². The number of hydrogen-bond acceptors (Lipinski definition) is 8. The van der Waals surface area contributed by atoms with Crippen molar-refractivity contribution < 1.29 is 28.5 Å². The molecule has 1 aliphatic heterocycles. The number of ether oxygens (including phenoxy) is 4. The second-order valence-corrected chi connectivity index (χ2v) is 9.14. The van der Waals surface area contributed by atoms with Crippen molar-refractivity contribution in [3.8, 4) is 23.3 Å². The maximum atomic E-state index is 12.7. The van der Waals surface area contributed by atoms with Gasteiger partial charge in [-0.1, -0.05) is 44.2 Å². The molecule has 3 aromatic rings. The fourth-order valence-corrected chi connectivity index (χ4v) is 4.15. The van der Waals surface area contributed by atoms with Crippen LogP contribution >= 0.6 is 0 Å². The SMILES string of the molecule is COC(=O)c1ccc(C2C(C#N)=C(N)Oc3cc(OC(=O)C(C)Oc4ccc(C(C)C)cc4)ccc32)cc1. The number of allylic oxidation sites excluding steroid dienone is 1. The lowest BCUT2D eigenvalue weighted by atomic mass is 9.83. The van der Waals surface area contributed by atoms with Crippen LogP contribution in [-0.2, 0) is 9.53 Å². The Balaban J connectivity index is 1.53. The monoisotopic (exact) mass is 512 g/mol. The van der Waals surface area contributed by atoms with Gasteiger partial charge in [-0.25, -0.2) is 9.59 Å². The first kappa shape index (κ1) is 26.3. The second kappa shape index (κ2) is 11.1. The summed E-state index contributed by atoms with van der Waals surface area (Å²) in [5.74, 6) is -0.0655. The van der Waals surface area contributed by atoms with Crippen LogP contribution in [0.4, 0.5) is 0 Å². The minimum absolute atomic E-state index is 0.0490. The molecule has 2 N–H and O–H groups in total. The second-order valence-electron chi connectivity index (χ2n) is 9.14. The van der Waals surface area contributed by atoms with Crippen molar-refractivity contribution in [2.45, 2.75) is 38.7 Å². The molecule has 0 aromatic heterocycles. The molecule has 2 unspecified atom stereocenters. The van der Waals surface area contributed by atoms with E-state index in [1.54, 1.807) is 49.4 Å².